The molecule has 104 valence electrons. The molecule has 1 aromatic carbocycles. The van der Waals surface area contributed by atoms with Gasteiger partial charge in [-0.15, -0.1) is 11.8 Å². The third-order valence-electron chi connectivity index (χ3n) is 3.17. The Morgan fingerprint density at radius 2 is 2.05 bits per heavy atom. The second-order valence-corrected chi connectivity index (χ2v) is 5.62. The van der Waals surface area contributed by atoms with Crippen LogP contribution in [0.2, 0.25) is 0 Å². The normalized spacial score (nSPS) is 13.4. The smallest absolute Gasteiger partial charge is 0.331 e. The molecule has 1 aliphatic rings. The maximum atomic E-state index is 11.9. The molecular weight excluding hydrogens is 276 g/mol. The van der Waals surface area contributed by atoms with Crippen molar-refractivity contribution < 1.29 is 4.74 Å². The molecule has 0 spiro atoms. The molecule has 1 aliphatic heterocycles. The second kappa shape index (κ2) is 5.68. The molecule has 0 atom stereocenters. The SMILES string of the molecule is O=c1[nH]c(=O)n(COCc2ccccc2)c2c1CCS2. The molecule has 0 amide bonds. The summed E-state index contributed by atoms with van der Waals surface area (Å²) in [6, 6.07) is 9.76. The van der Waals surface area contributed by atoms with E-state index in [1.165, 1.54) is 16.3 Å². The van der Waals surface area contributed by atoms with Gasteiger partial charge in [0, 0.05) is 11.3 Å². The van der Waals surface area contributed by atoms with E-state index in [0.717, 1.165) is 16.3 Å². The molecular formula is C14H14N2O3S. The molecule has 0 radical (unpaired) electrons. The van der Waals surface area contributed by atoms with Crippen LogP contribution in [0.3, 0.4) is 0 Å². The van der Waals surface area contributed by atoms with Gasteiger partial charge in [-0.05, 0) is 12.0 Å². The van der Waals surface area contributed by atoms with Gasteiger partial charge >= 0.3 is 5.69 Å². The highest BCUT2D eigenvalue weighted by atomic mass is 32.2. The molecule has 1 N–H and O–H groups in total. The van der Waals surface area contributed by atoms with E-state index in [1.807, 2.05) is 30.3 Å². The Bertz CT molecular complexity index is 721. The second-order valence-electron chi connectivity index (χ2n) is 4.53. The van der Waals surface area contributed by atoms with Gasteiger partial charge in [-0.1, -0.05) is 30.3 Å². The molecule has 0 fully saturated rings. The lowest BCUT2D eigenvalue weighted by Crippen LogP contribution is -2.33. The number of thioether (sulfide) groups is 1. The lowest BCUT2D eigenvalue weighted by atomic mass is 10.2. The summed E-state index contributed by atoms with van der Waals surface area (Å²) in [6.07, 6.45) is 0.703. The Morgan fingerprint density at radius 1 is 1.25 bits per heavy atom. The maximum absolute atomic E-state index is 11.9. The fourth-order valence-corrected chi connectivity index (χ4v) is 3.33. The van der Waals surface area contributed by atoms with Crippen molar-refractivity contribution in [3.05, 3.63) is 62.3 Å². The number of hydrogen-bond acceptors (Lipinski definition) is 4. The first-order valence-electron chi connectivity index (χ1n) is 6.36. The lowest BCUT2D eigenvalue weighted by molar-refractivity contribution is 0.0552. The van der Waals surface area contributed by atoms with E-state index in [2.05, 4.69) is 4.98 Å². The summed E-state index contributed by atoms with van der Waals surface area (Å²) in [5.41, 5.74) is 1.07. The standard InChI is InChI=1S/C14H14N2O3S/c17-12-11-6-7-20-13(11)16(14(18)15-12)9-19-8-10-4-2-1-3-5-10/h1-5H,6-9H2,(H,15,17,18). The number of rotatable bonds is 4. The molecule has 1 aromatic heterocycles. The summed E-state index contributed by atoms with van der Waals surface area (Å²) in [5.74, 6) is 0.834. The number of nitrogens with zero attached hydrogens (tertiary/aromatic N) is 1. The minimum atomic E-state index is -0.406. The van der Waals surface area contributed by atoms with E-state index in [1.54, 1.807) is 0 Å². The van der Waals surface area contributed by atoms with Crippen LogP contribution >= 0.6 is 11.8 Å². The summed E-state index contributed by atoms with van der Waals surface area (Å²) in [4.78, 5) is 25.9. The van der Waals surface area contributed by atoms with Gasteiger partial charge < -0.3 is 4.74 Å². The highest BCUT2D eigenvalue weighted by molar-refractivity contribution is 7.99. The Morgan fingerprint density at radius 3 is 2.85 bits per heavy atom. The third kappa shape index (κ3) is 2.57. The van der Waals surface area contributed by atoms with E-state index in [0.29, 0.717) is 18.6 Å². The maximum Gasteiger partial charge on any atom is 0.331 e. The first kappa shape index (κ1) is 13.2. The highest BCUT2D eigenvalue weighted by Gasteiger charge is 2.20. The van der Waals surface area contributed by atoms with Crippen molar-refractivity contribution in [2.75, 3.05) is 5.75 Å². The predicted molar refractivity (Wildman–Crippen MR) is 77.0 cm³/mol. The van der Waals surface area contributed by atoms with E-state index >= 15 is 0 Å². The Hall–Kier alpha value is -1.79. The number of ether oxygens (including phenoxy) is 1. The summed E-state index contributed by atoms with van der Waals surface area (Å²) in [5, 5.41) is 0.742. The van der Waals surface area contributed by atoms with E-state index < -0.39 is 5.69 Å². The van der Waals surface area contributed by atoms with Gasteiger partial charge in [0.15, 0.2) is 0 Å². The molecule has 2 heterocycles. The first-order chi connectivity index (χ1) is 9.75. The Labute approximate surface area is 119 Å². The van der Waals surface area contributed by atoms with Crippen LogP contribution in [0.25, 0.3) is 0 Å². The zero-order valence-corrected chi connectivity index (χ0v) is 11.6. The Kier molecular flexibility index (Phi) is 3.75. The highest BCUT2D eigenvalue weighted by Crippen LogP contribution is 2.27. The van der Waals surface area contributed by atoms with Gasteiger partial charge in [-0.3, -0.25) is 14.3 Å². The number of aromatic amines is 1. The van der Waals surface area contributed by atoms with Gasteiger partial charge in [-0.25, -0.2) is 4.79 Å². The summed E-state index contributed by atoms with van der Waals surface area (Å²) in [6.45, 7) is 0.589. The van der Waals surface area contributed by atoms with Gasteiger partial charge in [0.25, 0.3) is 5.56 Å². The molecule has 6 heteroatoms. The number of fused-ring (bicyclic) bond motifs is 1. The number of aromatic nitrogens is 2. The van der Waals surface area contributed by atoms with Crippen LogP contribution in [-0.2, 0) is 24.5 Å². The van der Waals surface area contributed by atoms with Crippen LogP contribution in [0.1, 0.15) is 11.1 Å². The number of nitrogens with one attached hydrogen (secondary N) is 1. The molecule has 0 saturated heterocycles. The van der Waals surface area contributed by atoms with Crippen LogP contribution in [0.15, 0.2) is 44.9 Å². The lowest BCUT2D eigenvalue weighted by Gasteiger charge is -2.11. The summed E-state index contributed by atoms with van der Waals surface area (Å²) >= 11 is 1.53. The third-order valence-corrected chi connectivity index (χ3v) is 4.31. The fourth-order valence-electron chi connectivity index (χ4n) is 2.17. The number of benzene rings is 1. The van der Waals surface area contributed by atoms with Crippen LogP contribution in [-0.4, -0.2) is 15.3 Å². The minimum absolute atomic E-state index is 0.153. The van der Waals surface area contributed by atoms with Crippen LogP contribution in [0.4, 0.5) is 0 Å². The van der Waals surface area contributed by atoms with Crippen LogP contribution in [0, 0.1) is 0 Å². The van der Waals surface area contributed by atoms with Crippen molar-refractivity contribution in [3.8, 4) is 0 Å². The first-order valence-corrected chi connectivity index (χ1v) is 7.35. The van der Waals surface area contributed by atoms with Crippen LogP contribution in [0.5, 0.6) is 0 Å². The average Bonchev–Trinajstić information content (AvgIpc) is 2.93. The number of H-pyrrole nitrogens is 1. The van der Waals surface area contributed by atoms with E-state index in [4.69, 9.17) is 4.74 Å². The van der Waals surface area contributed by atoms with Crippen molar-refractivity contribution in [1.29, 1.82) is 0 Å². The zero-order valence-electron chi connectivity index (χ0n) is 10.8. The van der Waals surface area contributed by atoms with E-state index in [9.17, 15) is 9.59 Å². The number of hydrogen-bond donors (Lipinski definition) is 1. The average molecular weight is 290 g/mol. The fraction of sp³-hybridized carbons (Fsp3) is 0.286. The van der Waals surface area contributed by atoms with Crippen molar-refractivity contribution in [1.82, 2.24) is 9.55 Å². The zero-order chi connectivity index (χ0) is 13.9. The van der Waals surface area contributed by atoms with Gasteiger partial charge in [-0.2, -0.15) is 0 Å². The monoisotopic (exact) mass is 290 g/mol. The van der Waals surface area contributed by atoms with Gasteiger partial charge in [0.1, 0.15) is 6.73 Å². The van der Waals surface area contributed by atoms with Gasteiger partial charge in [0.05, 0.1) is 11.6 Å². The molecule has 0 aliphatic carbocycles. The summed E-state index contributed by atoms with van der Waals surface area (Å²) < 4.78 is 7.08. The molecule has 3 rings (SSSR count). The molecule has 0 unspecified atom stereocenters. The quantitative estimate of drug-likeness (QED) is 0.864. The van der Waals surface area contributed by atoms with E-state index in [-0.39, 0.29) is 12.3 Å². The molecule has 0 saturated carbocycles. The Balaban J connectivity index is 1.77. The predicted octanol–water partition coefficient (Wildman–Crippen LogP) is 1.36. The summed E-state index contributed by atoms with van der Waals surface area (Å²) in [7, 11) is 0. The largest absolute Gasteiger partial charge is 0.356 e. The van der Waals surface area contributed by atoms with Crippen molar-refractivity contribution >= 4 is 11.8 Å². The minimum Gasteiger partial charge on any atom is -0.356 e. The van der Waals surface area contributed by atoms with Crippen LogP contribution < -0.4 is 11.2 Å². The van der Waals surface area contributed by atoms with Gasteiger partial charge in [0.2, 0.25) is 0 Å². The molecule has 20 heavy (non-hydrogen) atoms. The topological polar surface area (TPSA) is 64.1 Å². The van der Waals surface area contributed by atoms with Crippen molar-refractivity contribution in [3.63, 3.8) is 0 Å². The van der Waals surface area contributed by atoms with Crippen molar-refractivity contribution in [2.45, 2.75) is 24.8 Å². The molecule has 2 aromatic rings. The molecule has 5 nitrogen and oxygen atoms in total. The molecule has 0 bridgehead atoms. The van der Waals surface area contributed by atoms with Crippen molar-refractivity contribution in [2.24, 2.45) is 0 Å².